The smallest absolute Gasteiger partial charge is 0.401 e. The van der Waals surface area contributed by atoms with Crippen molar-refractivity contribution >= 4 is 28.8 Å². The molecule has 0 spiro atoms. The number of nitrogens with zero attached hydrogens (tertiary/aromatic N) is 1. The fourth-order valence-electron chi connectivity index (χ4n) is 1.97. The lowest BCUT2D eigenvalue weighted by Gasteiger charge is -2.27. The van der Waals surface area contributed by atoms with E-state index < -0.39 is 60.0 Å². The summed E-state index contributed by atoms with van der Waals surface area (Å²) < 4.78 is 51.9. The summed E-state index contributed by atoms with van der Waals surface area (Å²) in [6.45, 7) is 0.364. The quantitative estimate of drug-likeness (QED) is 0.790. The monoisotopic (exact) mass is 331 g/mol. The Balaban J connectivity index is 2.93. The molecule has 0 saturated carbocycles. The average molecular weight is 331 g/mol. The van der Waals surface area contributed by atoms with E-state index in [9.17, 15) is 31.9 Å². The van der Waals surface area contributed by atoms with E-state index in [0.29, 0.717) is 16.7 Å². The second-order valence-electron chi connectivity index (χ2n) is 4.57. The Bertz CT molecular complexity index is 442. The molecule has 0 aromatic rings. The van der Waals surface area contributed by atoms with Crippen molar-refractivity contribution in [1.82, 2.24) is 4.90 Å². The Morgan fingerprint density at radius 2 is 1.95 bits per heavy atom. The van der Waals surface area contributed by atoms with E-state index in [-0.39, 0.29) is 0 Å². The Morgan fingerprint density at radius 1 is 1.38 bits per heavy atom. The Labute approximate surface area is 121 Å². The number of halogens is 4. The van der Waals surface area contributed by atoms with Crippen molar-refractivity contribution in [3.63, 3.8) is 0 Å². The highest BCUT2D eigenvalue weighted by Gasteiger charge is 2.50. The molecule has 1 N–H and O–H groups in total. The van der Waals surface area contributed by atoms with Gasteiger partial charge >= 0.3 is 12.1 Å². The van der Waals surface area contributed by atoms with Gasteiger partial charge in [-0.05, 0) is 0 Å². The van der Waals surface area contributed by atoms with Gasteiger partial charge in [0.15, 0.2) is 5.12 Å². The van der Waals surface area contributed by atoms with Crippen molar-refractivity contribution in [2.75, 3.05) is 12.3 Å². The van der Waals surface area contributed by atoms with Crippen LogP contribution in [0.3, 0.4) is 0 Å². The number of hydrogen-bond acceptors (Lipinski definition) is 4. The first-order valence-corrected chi connectivity index (χ1v) is 6.90. The minimum atomic E-state index is -4.93. The molecule has 0 aromatic heterocycles. The highest BCUT2D eigenvalue weighted by Crippen LogP contribution is 2.33. The van der Waals surface area contributed by atoms with Gasteiger partial charge in [-0.15, -0.1) is 0 Å². The fourth-order valence-corrected chi connectivity index (χ4v) is 2.70. The minimum Gasteiger partial charge on any atom is -0.480 e. The van der Waals surface area contributed by atoms with Gasteiger partial charge in [0.25, 0.3) is 0 Å². The van der Waals surface area contributed by atoms with E-state index in [1.54, 1.807) is 0 Å². The van der Waals surface area contributed by atoms with Crippen molar-refractivity contribution in [3.05, 3.63) is 0 Å². The molecule has 1 amide bonds. The van der Waals surface area contributed by atoms with Crippen molar-refractivity contribution < 1.29 is 37.1 Å². The maximum absolute atomic E-state index is 13.2. The standard InChI is InChI=1S/C11H13F4NO4S/c1-5(17)21-4-7(11(13,14)15)9(18)16-3-6(12)2-8(16)10(19)20/h6-8H,2-4H2,1H3,(H,19,20)/t6-,7?,8-/m0/s1. The minimum absolute atomic E-state index is 0.316. The van der Waals surface area contributed by atoms with Gasteiger partial charge in [0.2, 0.25) is 5.91 Å². The van der Waals surface area contributed by atoms with Crippen LogP contribution >= 0.6 is 11.8 Å². The Hall–Kier alpha value is -1.32. The lowest BCUT2D eigenvalue weighted by atomic mass is 10.1. The predicted molar refractivity (Wildman–Crippen MR) is 65.3 cm³/mol. The van der Waals surface area contributed by atoms with E-state index in [1.807, 2.05) is 0 Å². The molecule has 0 aromatic carbocycles. The van der Waals surface area contributed by atoms with Gasteiger partial charge in [-0.2, -0.15) is 13.2 Å². The lowest BCUT2D eigenvalue weighted by molar-refractivity contribution is -0.186. The van der Waals surface area contributed by atoms with E-state index in [1.165, 1.54) is 0 Å². The summed E-state index contributed by atoms with van der Waals surface area (Å²) in [5.74, 6) is -6.44. The van der Waals surface area contributed by atoms with Crippen LogP contribution in [0.4, 0.5) is 17.6 Å². The van der Waals surface area contributed by atoms with E-state index in [0.717, 1.165) is 6.92 Å². The van der Waals surface area contributed by atoms with Crippen LogP contribution in [-0.4, -0.2) is 57.7 Å². The summed E-state index contributed by atoms with van der Waals surface area (Å²) in [6.07, 6.45) is -7.15. The topological polar surface area (TPSA) is 74.7 Å². The molecule has 1 saturated heterocycles. The molecule has 1 unspecified atom stereocenters. The maximum atomic E-state index is 13.2. The molecule has 1 rings (SSSR count). The lowest BCUT2D eigenvalue weighted by Crippen LogP contribution is -2.48. The first kappa shape index (κ1) is 17.7. The zero-order valence-corrected chi connectivity index (χ0v) is 11.7. The molecule has 1 heterocycles. The summed E-state index contributed by atoms with van der Waals surface area (Å²) in [4.78, 5) is 34.0. The van der Waals surface area contributed by atoms with Crippen LogP contribution in [0.5, 0.6) is 0 Å². The van der Waals surface area contributed by atoms with Crippen LogP contribution in [-0.2, 0) is 14.4 Å². The van der Waals surface area contributed by atoms with Gasteiger partial charge < -0.3 is 10.0 Å². The van der Waals surface area contributed by atoms with Crippen LogP contribution in [0.1, 0.15) is 13.3 Å². The fraction of sp³-hybridized carbons (Fsp3) is 0.727. The number of rotatable bonds is 4. The molecule has 0 bridgehead atoms. The molecule has 0 radical (unpaired) electrons. The van der Waals surface area contributed by atoms with E-state index in [4.69, 9.17) is 5.11 Å². The van der Waals surface area contributed by atoms with Crippen LogP contribution in [0.15, 0.2) is 0 Å². The molecule has 1 fully saturated rings. The Morgan fingerprint density at radius 3 is 2.38 bits per heavy atom. The van der Waals surface area contributed by atoms with E-state index >= 15 is 0 Å². The van der Waals surface area contributed by atoms with E-state index in [2.05, 4.69) is 0 Å². The SMILES string of the molecule is CC(=O)SCC(C(=O)N1C[C@@H](F)C[C@H]1C(=O)O)C(F)(F)F. The molecule has 0 aliphatic carbocycles. The highest BCUT2D eigenvalue weighted by atomic mass is 32.2. The highest BCUT2D eigenvalue weighted by molar-refractivity contribution is 8.13. The van der Waals surface area contributed by atoms with Crippen molar-refractivity contribution in [3.8, 4) is 0 Å². The van der Waals surface area contributed by atoms with Crippen molar-refractivity contribution in [1.29, 1.82) is 0 Å². The van der Waals surface area contributed by atoms with Crippen molar-refractivity contribution in [2.45, 2.75) is 31.7 Å². The number of thioether (sulfide) groups is 1. The van der Waals surface area contributed by atoms with Gasteiger partial charge in [0.05, 0.1) is 6.54 Å². The molecule has 120 valence electrons. The van der Waals surface area contributed by atoms with Crippen LogP contribution in [0.25, 0.3) is 0 Å². The third kappa shape index (κ3) is 4.58. The largest absolute Gasteiger partial charge is 0.480 e. The van der Waals surface area contributed by atoms with Gasteiger partial charge in [0, 0.05) is 19.1 Å². The summed E-state index contributed by atoms with van der Waals surface area (Å²) >= 11 is 0.316. The number of aliphatic carboxylic acids is 1. The molecule has 21 heavy (non-hydrogen) atoms. The molecular weight excluding hydrogens is 318 g/mol. The summed E-state index contributed by atoms with van der Waals surface area (Å²) in [5, 5.41) is 8.25. The second-order valence-corrected chi connectivity index (χ2v) is 5.77. The Kier molecular flexibility index (Phi) is 5.60. The summed E-state index contributed by atoms with van der Waals surface area (Å²) in [7, 11) is 0. The van der Waals surface area contributed by atoms with Gasteiger partial charge in [-0.3, -0.25) is 9.59 Å². The van der Waals surface area contributed by atoms with Crippen LogP contribution in [0.2, 0.25) is 0 Å². The molecule has 1 aliphatic heterocycles. The first-order valence-electron chi connectivity index (χ1n) is 5.91. The average Bonchev–Trinajstić information content (AvgIpc) is 2.69. The maximum Gasteiger partial charge on any atom is 0.401 e. The number of carboxylic acid groups (broad SMARTS) is 1. The van der Waals surface area contributed by atoms with Crippen molar-refractivity contribution in [2.24, 2.45) is 5.92 Å². The number of alkyl halides is 4. The number of likely N-dealkylation sites (tertiary alicyclic amines) is 1. The third-order valence-corrected chi connectivity index (χ3v) is 3.87. The number of hydrogen-bond donors (Lipinski definition) is 1. The normalized spacial score (nSPS) is 24.0. The first-order chi connectivity index (χ1) is 9.54. The number of amides is 1. The number of carboxylic acids is 1. The number of carbonyl (C=O) groups excluding carboxylic acids is 2. The number of carbonyl (C=O) groups is 3. The van der Waals surface area contributed by atoms with Gasteiger partial charge in [-0.1, -0.05) is 11.8 Å². The molecule has 5 nitrogen and oxygen atoms in total. The molecule has 3 atom stereocenters. The molecular formula is C11H13F4NO4S. The van der Waals surface area contributed by atoms with Gasteiger partial charge in [-0.25, -0.2) is 9.18 Å². The van der Waals surface area contributed by atoms with Crippen LogP contribution < -0.4 is 0 Å². The zero-order valence-electron chi connectivity index (χ0n) is 10.9. The molecule has 10 heteroatoms. The zero-order chi connectivity index (χ0) is 16.4. The summed E-state index contributed by atoms with van der Waals surface area (Å²) in [6, 6.07) is -1.61. The summed E-state index contributed by atoms with van der Waals surface area (Å²) in [5.41, 5.74) is 0. The van der Waals surface area contributed by atoms with Gasteiger partial charge in [0.1, 0.15) is 18.1 Å². The van der Waals surface area contributed by atoms with Crippen LogP contribution in [0, 0.1) is 5.92 Å². The third-order valence-electron chi connectivity index (χ3n) is 2.96. The second kappa shape index (κ2) is 6.63. The molecule has 1 aliphatic rings. The predicted octanol–water partition coefficient (Wildman–Crippen LogP) is 1.47.